The van der Waals surface area contributed by atoms with E-state index in [2.05, 4.69) is 0 Å². The van der Waals surface area contributed by atoms with Crippen molar-refractivity contribution < 1.29 is 4.79 Å². The van der Waals surface area contributed by atoms with Crippen LogP contribution in [0.1, 0.15) is 12.8 Å². The van der Waals surface area contributed by atoms with E-state index in [0.717, 1.165) is 19.4 Å². The average molecular weight is 182 g/mol. The van der Waals surface area contributed by atoms with E-state index in [0.29, 0.717) is 0 Å². The molecule has 1 rings (SSSR count). The monoisotopic (exact) mass is 181 g/mol. The van der Waals surface area contributed by atoms with Crippen molar-refractivity contribution in [1.29, 1.82) is 0 Å². The van der Waals surface area contributed by atoms with Gasteiger partial charge in [0.05, 0.1) is 0 Å². The lowest BCUT2D eigenvalue weighted by Gasteiger charge is -2.17. The third kappa shape index (κ3) is 1.55. The summed E-state index contributed by atoms with van der Waals surface area (Å²) in [5.74, 6) is -0.0115. The number of likely N-dealkylation sites (tertiary alicyclic amines) is 1. The molecular weight excluding hydrogens is 173 g/mol. The van der Waals surface area contributed by atoms with Crippen LogP contribution in [0.25, 0.3) is 0 Å². The molecule has 1 atom stereocenters. The zero-order valence-electron chi connectivity index (χ0n) is 5.52. The van der Waals surface area contributed by atoms with E-state index >= 15 is 0 Å². The number of nitrogens with zero attached hydrogens (tertiary/aromatic N) is 1. The Kier molecular flexibility index (Phi) is 2.81. The summed E-state index contributed by atoms with van der Waals surface area (Å²) in [6.45, 7) is 0.764. The van der Waals surface area contributed by atoms with Crippen molar-refractivity contribution in [3.05, 3.63) is 0 Å². The van der Waals surface area contributed by atoms with Crippen LogP contribution >= 0.6 is 23.2 Å². The number of hydrogen-bond acceptors (Lipinski definition) is 1. The molecule has 0 aromatic rings. The molecule has 58 valence electrons. The summed E-state index contributed by atoms with van der Waals surface area (Å²) in [5, 5.41) is 0. The van der Waals surface area contributed by atoms with Crippen LogP contribution in [0.3, 0.4) is 0 Å². The van der Waals surface area contributed by atoms with Gasteiger partial charge < -0.3 is 4.90 Å². The summed E-state index contributed by atoms with van der Waals surface area (Å²) in [6, 6.07) is 0. The second-order valence-corrected chi connectivity index (χ2v) is 3.07. The molecule has 0 spiro atoms. The van der Waals surface area contributed by atoms with Crippen LogP contribution in [0.15, 0.2) is 0 Å². The number of hydrogen-bond donors (Lipinski definition) is 0. The van der Waals surface area contributed by atoms with E-state index in [1.165, 1.54) is 0 Å². The molecule has 4 heteroatoms. The summed E-state index contributed by atoms with van der Waals surface area (Å²) in [5.41, 5.74) is -0.119. The van der Waals surface area contributed by atoms with Crippen molar-refractivity contribution in [3.8, 4) is 0 Å². The number of carbonyl (C=O) groups is 1. The fourth-order valence-electron chi connectivity index (χ4n) is 1.08. The number of rotatable bonds is 1. The molecule has 1 heterocycles. The summed E-state index contributed by atoms with van der Waals surface area (Å²) in [7, 11) is 0. The van der Waals surface area contributed by atoms with Crippen LogP contribution in [0.2, 0.25) is 0 Å². The maximum atomic E-state index is 10.9. The summed E-state index contributed by atoms with van der Waals surface area (Å²) in [6.07, 6.45) is 1.89. The van der Waals surface area contributed by atoms with Gasteiger partial charge in [-0.1, -0.05) is 11.6 Å². The first-order chi connectivity index (χ1) is 4.75. The molecule has 0 aromatic carbocycles. The van der Waals surface area contributed by atoms with Crippen LogP contribution in [0, 0.1) is 0 Å². The largest absolute Gasteiger partial charge is 0.325 e. The van der Waals surface area contributed by atoms with Gasteiger partial charge in [-0.15, -0.1) is 11.6 Å². The van der Waals surface area contributed by atoms with Crippen LogP contribution in [0.4, 0.5) is 0 Å². The van der Waals surface area contributed by atoms with Crippen LogP contribution < -0.4 is 0 Å². The Balaban J connectivity index is 2.46. The summed E-state index contributed by atoms with van der Waals surface area (Å²) < 4.78 is 0. The zero-order chi connectivity index (χ0) is 7.56. The van der Waals surface area contributed by atoms with Gasteiger partial charge in [-0.05, 0) is 12.8 Å². The van der Waals surface area contributed by atoms with E-state index in [-0.39, 0.29) is 17.3 Å². The minimum atomic E-state index is -0.119. The van der Waals surface area contributed by atoms with Crippen molar-refractivity contribution in [1.82, 2.24) is 4.90 Å². The highest BCUT2D eigenvalue weighted by Crippen LogP contribution is 2.20. The highest BCUT2D eigenvalue weighted by molar-refractivity contribution is 6.28. The number of halogens is 2. The lowest BCUT2D eigenvalue weighted by atomic mass is 10.4. The molecule has 0 unspecified atom stereocenters. The SMILES string of the molecule is O=C(CCl)N1CCC[C@H]1Cl. The number of carbonyl (C=O) groups excluding carboxylic acids is 1. The standard InChI is InChI=1S/C6H9Cl2NO/c7-4-6(10)9-3-1-2-5(9)8/h5H,1-4H2/t5-/m0/s1. The topological polar surface area (TPSA) is 20.3 Å². The molecule has 1 aliphatic heterocycles. The van der Waals surface area contributed by atoms with E-state index < -0.39 is 0 Å². The van der Waals surface area contributed by atoms with E-state index in [1.807, 2.05) is 0 Å². The Morgan fingerprint density at radius 3 is 2.80 bits per heavy atom. The van der Waals surface area contributed by atoms with Crippen molar-refractivity contribution in [2.75, 3.05) is 12.4 Å². The molecule has 10 heavy (non-hydrogen) atoms. The molecule has 1 fully saturated rings. The van der Waals surface area contributed by atoms with Crippen molar-refractivity contribution in [2.24, 2.45) is 0 Å². The molecule has 0 saturated carbocycles. The van der Waals surface area contributed by atoms with E-state index in [4.69, 9.17) is 23.2 Å². The number of amides is 1. The average Bonchev–Trinajstić information content (AvgIpc) is 2.34. The van der Waals surface area contributed by atoms with Gasteiger partial charge in [0.25, 0.3) is 0 Å². The fraction of sp³-hybridized carbons (Fsp3) is 0.833. The first-order valence-corrected chi connectivity index (χ1v) is 4.22. The minimum absolute atomic E-state index is 0.0449. The predicted octanol–water partition coefficient (Wildman–Crippen LogP) is 1.41. The molecule has 0 bridgehead atoms. The van der Waals surface area contributed by atoms with Gasteiger partial charge in [0.2, 0.25) is 5.91 Å². The van der Waals surface area contributed by atoms with Crippen LogP contribution in [-0.2, 0) is 4.79 Å². The maximum absolute atomic E-state index is 10.9. The van der Waals surface area contributed by atoms with Gasteiger partial charge in [-0.3, -0.25) is 4.79 Å². The second-order valence-electron chi connectivity index (χ2n) is 2.30. The summed E-state index contributed by atoms with van der Waals surface area (Å²) >= 11 is 11.1. The molecule has 0 aromatic heterocycles. The minimum Gasteiger partial charge on any atom is -0.325 e. The van der Waals surface area contributed by atoms with Gasteiger partial charge >= 0.3 is 0 Å². The fourth-order valence-corrected chi connectivity index (χ4v) is 1.60. The van der Waals surface area contributed by atoms with Gasteiger partial charge in [-0.25, -0.2) is 0 Å². The molecular formula is C6H9Cl2NO. The van der Waals surface area contributed by atoms with Crippen LogP contribution in [0.5, 0.6) is 0 Å². The Bertz CT molecular complexity index is 140. The molecule has 0 aliphatic carbocycles. The van der Waals surface area contributed by atoms with E-state index in [9.17, 15) is 4.79 Å². The van der Waals surface area contributed by atoms with Gasteiger partial charge in [0.1, 0.15) is 11.4 Å². The quantitative estimate of drug-likeness (QED) is 0.443. The first-order valence-electron chi connectivity index (χ1n) is 3.25. The number of alkyl halides is 2. The van der Waals surface area contributed by atoms with Gasteiger partial charge in [0.15, 0.2) is 0 Å². The Labute approximate surface area is 70.1 Å². The third-order valence-corrected chi connectivity index (χ3v) is 2.30. The maximum Gasteiger partial charge on any atom is 0.238 e. The van der Waals surface area contributed by atoms with E-state index in [1.54, 1.807) is 4.90 Å². The highest BCUT2D eigenvalue weighted by atomic mass is 35.5. The Morgan fingerprint density at radius 2 is 2.40 bits per heavy atom. The smallest absolute Gasteiger partial charge is 0.238 e. The van der Waals surface area contributed by atoms with Gasteiger partial charge in [0, 0.05) is 6.54 Å². The van der Waals surface area contributed by atoms with Crippen molar-refractivity contribution in [3.63, 3.8) is 0 Å². The normalized spacial score (nSPS) is 25.4. The first kappa shape index (κ1) is 8.15. The molecule has 0 N–H and O–H groups in total. The zero-order valence-corrected chi connectivity index (χ0v) is 7.03. The molecule has 1 aliphatic rings. The third-order valence-electron chi connectivity index (χ3n) is 1.61. The Hall–Kier alpha value is 0.0500. The summed E-state index contributed by atoms with van der Waals surface area (Å²) in [4.78, 5) is 12.6. The Morgan fingerprint density at radius 1 is 1.70 bits per heavy atom. The van der Waals surface area contributed by atoms with Crippen LogP contribution in [-0.4, -0.2) is 28.7 Å². The van der Waals surface area contributed by atoms with Crippen molar-refractivity contribution in [2.45, 2.75) is 18.3 Å². The lowest BCUT2D eigenvalue weighted by Crippen LogP contribution is -2.33. The predicted molar refractivity (Wildman–Crippen MR) is 41.3 cm³/mol. The lowest BCUT2D eigenvalue weighted by molar-refractivity contribution is -0.128. The highest BCUT2D eigenvalue weighted by Gasteiger charge is 2.25. The molecule has 2 nitrogen and oxygen atoms in total. The molecule has 1 saturated heterocycles. The second kappa shape index (κ2) is 3.44. The molecule has 0 radical (unpaired) electrons. The van der Waals surface area contributed by atoms with Gasteiger partial charge in [-0.2, -0.15) is 0 Å². The molecule has 1 amide bonds. The van der Waals surface area contributed by atoms with Crippen molar-refractivity contribution >= 4 is 29.1 Å².